The van der Waals surface area contributed by atoms with Gasteiger partial charge in [-0.15, -0.1) is 0 Å². The molecular weight excluding hydrogens is 573 g/mol. The molecule has 0 unspecified atom stereocenters. The van der Waals surface area contributed by atoms with Gasteiger partial charge in [0.1, 0.15) is 0 Å². The molecule has 0 saturated carbocycles. The summed E-state index contributed by atoms with van der Waals surface area (Å²) in [6.45, 7) is 6.34. The van der Waals surface area contributed by atoms with Crippen molar-refractivity contribution < 1.29 is 4.48 Å². The summed E-state index contributed by atoms with van der Waals surface area (Å²) in [4.78, 5) is 4.87. The molecule has 0 fully saturated rings. The third kappa shape index (κ3) is 6.34. The zero-order chi connectivity index (χ0) is 32.4. The van der Waals surface area contributed by atoms with Gasteiger partial charge >= 0.3 is 0 Å². The van der Waals surface area contributed by atoms with Crippen molar-refractivity contribution in [3.8, 4) is 0 Å². The lowest BCUT2D eigenvalue weighted by atomic mass is 9.97. The van der Waals surface area contributed by atoms with E-state index in [1.54, 1.807) is 0 Å². The summed E-state index contributed by atoms with van der Waals surface area (Å²) in [6, 6.07) is 44.0. The van der Waals surface area contributed by atoms with Gasteiger partial charge < -0.3 is 18.8 Å². The van der Waals surface area contributed by atoms with Gasteiger partial charge in [0.25, 0.3) is 0 Å². The number of allylic oxidation sites excluding steroid dienone is 2. The highest BCUT2D eigenvalue weighted by Gasteiger charge is 2.19. The largest absolute Gasteiger partial charge is 0.367 e. The second-order valence-electron chi connectivity index (χ2n) is 13.6. The van der Waals surface area contributed by atoms with E-state index in [1.807, 2.05) is 0 Å². The van der Waals surface area contributed by atoms with Crippen LogP contribution in [-0.2, 0) is 6.54 Å². The van der Waals surface area contributed by atoms with Crippen LogP contribution < -0.4 is 9.80 Å². The molecule has 0 spiro atoms. The van der Waals surface area contributed by atoms with Crippen LogP contribution in [0.15, 0.2) is 133 Å². The zero-order valence-electron chi connectivity index (χ0n) is 28.1. The van der Waals surface area contributed by atoms with E-state index in [0.29, 0.717) is 0 Å². The highest BCUT2D eigenvalue weighted by molar-refractivity contribution is 6.09. The maximum Gasteiger partial charge on any atom is 0.0797 e. The van der Waals surface area contributed by atoms with E-state index in [0.717, 1.165) is 41.2 Å². The van der Waals surface area contributed by atoms with Crippen LogP contribution >= 0.6 is 0 Å². The van der Waals surface area contributed by atoms with Crippen molar-refractivity contribution in [3.05, 3.63) is 145 Å². The van der Waals surface area contributed by atoms with E-state index >= 15 is 0 Å². The Morgan fingerprint density at radius 1 is 0.681 bits per heavy atom. The Morgan fingerprint density at radius 2 is 1.32 bits per heavy atom. The van der Waals surface area contributed by atoms with Crippen LogP contribution in [0.2, 0.25) is 0 Å². The van der Waals surface area contributed by atoms with Gasteiger partial charge in [0, 0.05) is 70.7 Å². The van der Waals surface area contributed by atoms with Crippen molar-refractivity contribution in [2.75, 3.05) is 50.6 Å². The maximum absolute atomic E-state index is 2.53. The average molecular weight is 618 g/mol. The van der Waals surface area contributed by atoms with Crippen LogP contribution in [0.1, 0.15) is 24.5 Å². The third-order valence-corrected chi connectivity index (χ3v) is 9.28. The summed E-state index contributed by atoms with van der Waals surface area (Å²) in [5, 5.41) is 2.58. The first-order valence-corrected chi connectivity index (χ1v) is 16.9. The lowest BCUT2D eigenvalue weighted by Crippen LogP contribution is -2.38. The van der Waals surface area contributed by atoms with Gasteiger partial charge in [-0.3, -0.25) is 0 Å². The Bertz CT molecular complexity index is 2020. The molecule has 0 aliphatic carbocycles. The monoisotopic (exact) mass is 617 g/mol. The fourth-order valence-electron chi connectivity index (χ4n) is 6.99. The van der Waals surface area contributed by atoms with E-state index in [2.05, 4.69) is 182 Å². The van der Waals surface area contributed by atoms with E-state index in [1.165, 1.54) is 57.2 Å². The quantitative estimate of drug-likeness (QED) is 0.142. The molecule has 4 nitrogen and oxygen atoms in total. The Hall–Kier alpha value is -5.06. The molecule has 5 aromatic carbocycles. The molecule has 4 heteroatoms. The minimum atomic E-state index is 0.899. The summed E-state index contributed by atoms with van der Waals surface area (Å²) in [7, 11) is 6.81. The molecule has 0 radical (unpaired) electrons. The van der Waals surface area contributed by atoms with Crippen LogP contribution in [-0.4, -0.2) is 49.8 Å². The lowest BCUT2D eigenvalue weighted by molar-refractivity contribution is -0.870. The van der Waals surface area contributed by atoms with Crippen LogP contribution in [0.4, 0.5) is 22.7 Å². The minimum absolute atomic E-state index is 0.899. The predicted octanol–water partition coefficient (Wildman–Crippen LogP) is 10.3. The Labute approximate surface area is 279 Å². The smallest absolute Gasteiger partial charge is 0.0797 e. The van der Waals surface area contributed by atoms with E-state index in [-0.39, 0.29) is 0 Å². The number of hydrogen-bond donors (Lipinski definition) is 0. The van der Waals surface area contributed by atoms with Crippen molar-refractivity contribution in [2.24, 2.45) is 0 Å². The van der Waals surface area contributed by atoms with Gasteiger partial charge in [0.2, 0.25) is 0 Å². The number of para-hydroxylation sites is 3. The number of benzene rings is 5. The summed E-state index contributed by atoms with van der Waals surface area (Å²) in [5.74, 6) is 0. The second kappa shape index (κ2) is 13.0. The van der Waals surface area contributed by atoms with Crippen LogP contribution in [0, 0.1) is 0 Å². The molecule has 0 bridgehead atoms. The third-order valence-electron chi connectivity index (χ3n) is 9.28. The second-order valence-corrected chi connectivity index (χ2v) is 13.6. The van der Waals surface area contributed by atoms with Crippen molar-refractivity contribution in [1.29, 1.82) is 0 Å². The maximum atomic E-state index is 2.53. The predicted molar refractivity (Wildman–Crippen MR) is 203 cm³/mol. The Morgan fingerprint density at radius 3 is 2.00 bits per heavy atom. The molecule has 6 aromatic rings. The van der Waals surface area contributed by atoms with E-state index in [4.69, 9.17) is 0 Å². The first kappa shape index (κ1) is 30.6. The normalized spacial score (nSPS) is 13.4. The molecule has 0 N–H and O–H groups in total. The molecule has 1 aliphatic heterocycles. The fraction of sp³-hybridized carbons (Fsp3) is 0.209. The highest BCUT2D eigenvalue weighted by atomic mass is 15.3. The number of rotatable bonds is 10. The van der Waals surface area contributed by atoms with Gasteiger partial charge in [0.05, 0.1) is 33.2 Å². The van der Waals surface area contributed by atoms with Gasteiger partial charge in [-0.05, 0) is 66.6 Å². The van der Waals surface area contributed by atoms with E-state index < -0.39 is 0 Å². The highest BCUT2D eigenvalue weighted by Crippen LogP contribution is 2.39. The van der Waals surface area contributed by atoms with Gasteiger partial charge in [-0.1, -0.05) is 91.0 Å². The number of quaternary nitrogens is 1. The number of anilines is 4. The molecule has 0 amide bonds. The Kier molecular flexibility index (Phi) is 8.45. The van der Waals surface area contributed by atoms with Crippen molar-refractivity contribution in [3.63, 3.8) is 0 Å². The van der Waals surface area contributed by atoms with Crippen LogP contribution in [0.5, 0.6) is 0 Å². The average Bonchev–Trinajstić information content (AvgIpc) is 3.40. The SMILES string of the molecule is CCn1c2cc(/C=C/C3=CCN(CCC[N+](C)(C)C)c4ccccc43)ccc2c2ccc(N(c3ccccc3)c3ccccc3)cc21. The van der Waals surface area contributed by atoms with Crippen molar-refractivity contribution >= 4 is 56.2 Å². The summed E-state index contributed by atoms with van der Waals surface area (Å²) in [5.41, 5.74) is 11.2. The molecule has 1 aliphatic rings. The fourth-order valence-corrected chi connectivity index (χ4v) is 6.99. The topological polar surface area (TPSA) is 11.4 Å². The zero-order valence-corrected chi connectivity index (χ0v) is 28.1. The van der Waals surface area contributed by atoms with Gasteiger partial charge in [-0.25, -0.2) is 0 Å². The summed E-state index contributed by atoms with van der Waals surface area (Å²) >= 11 is 0. The number of nitrogens with zero attached hydrogens (tertiary/aromatic N) is 4. The molecular formula is C43H45N4+. The van der Waals surface area contributed by atoms with E-state index in [9.17, 15) is 0 Å². The molecule has 47 heavy (non-hydrogen) atoms. The van der Waals surface area contributed by atoms with Crippen molar-refractivity contribution in [1.82, 2.24) is 4.57 Å². The number of fused-ring (bicyclic) bond motifs is 4. The molecule has 1 aromatic heterocycles. The van der Waals surface area contributed by atoms with Crippen LogP contribution in [0.25, 0.3) is 33.5 Å². The summed E-state index contributed by atoms with van der Waals surface area (Å²) in [6.07, 6.45) is 8.15. The molecule has 0 saturated heterocycles. The molecule has 0 atom stereocenters. The summed E-state index contributed by atoms with van der Waals surface area (Å²) < 4.78 is 3.46. The lowest BCUT2D eigenvalue weighted by Gasteiger charge is -2.31. The standard InChI is InChI=1S/C43H45N4/c1-5-45-42-31-33(21-23-34-27-29-44(28-14-30-47(2,3)4)41-20-13-12-19-38(34)41)22-25-39(42)40-26-24-37(32-43(40)45)46(35-15-8-6-9-16-35)36-17-10-7-11-18-36/h6-13,15-27,31-32H,5,14,28-30H2,1-4H3/q+1/b23-21+. The number of hydrogen-bond acceptors (Lipinski definition) is 2. The molecule has 236 valence electrons. The first-order chi connectivity index (χ1) is 22.9. The molecule has 2 heterocycles. The van der Waals surface area contributed by atoms with Gasteiger partial charge in [0.15, 0.2) is 0 Å². The van der Waals surface area contributed by atoms with Crippen LogP contribution in [0.3, 0.4) is 0 Å². The Balaban J connectivity index is 1.21. The minimum Gasteiger partial charge on any atom is -0.367 e. The number of aromatic nitrogens is 1. The number of aryl methyl sites for hydroxylation is 1. The molecule has 7 rings (SSSR count). The van der Waals surface area contributed by atoms with Gasteiger partial charge in [-0.2, -0.15) is 0 Å². The first-order valence-electron chi connectivity index (χ1n) is 16.9. The van der Waals surface area contributed by atoms with Crippen molar-refractivity contribution in [2.45, 2.75) is 19.9 Å².